The summed E-state index contributed by atoms with van der Waals surface area (Å²) in [5, 5.41) is 11.5. The van der Waals surface area contributed by atoms with Crippen molar-refractivity contribution in [1.29, 1.82) is 0 Å². The van der Waals surface area contributed by atoms with E-state index >= 15 is 0 Å². The minimum Gasteiger partial charge on any atom is -0.375 e. The molecule has 0 saturated heterocycles. The molecule has 1 aliphatic carbocycles. The summed E-state index contributed by atoms with van der Waals surface area (Å²) in [5.74, 6) is 0. The summed E-state index contributed by atoms with van der Waals surface area (Å²) < 4.78 is 40.2. The summed E-state index contributed by atoms with van der Waals surface area (Å²) in [7, 11) is 0. The van der Waals surface area contributed by atoms with Crippen molar-refractivity contribution >= 4 is 22.2 Å². The fourth-order valence-electron chi connectivity index (χ4n) is 3.10. The minimum atomic E-state index is -4.77. The second kappa shape index (κ2) is 5.19. The number of rotatable bonds is 2. The van der Waals surface area contributed by atoms with Gasteiger partial charge in [-0.2, -0.15) is 13.2 Å². The van der Waals surface area contributed by atoms with Crippen LogP contribution in [0.4, 0.5) is 24.0 Å². The molecule has 1 aromatic heterocycles. The second-order valence-corrected chi connectivity index (χ2v) is 6.32. The van der Waals surface area contributed by atoms with Gasteiger partial charge in [0, 0.05) is 16.5 Å². The minimum absolute atomic E-state index is 0.0149. The highest BCUT2D eigenvalue weighted by Gasteiger charge is 2.43. The lowest BCUT2D eigenvalue weighted by Gasteiger charge is -2.22. The molecule has 3 rings (SSSR count). The Morgan fingerprint density at radius 1 is 1.43 bits per heavy atom. The third-order valence-electron chi connectivity index (χ3n) is 3.93. The number of nitrogens with zero attached hydrogens (tertiary/aromatic N) is 2. The highest BCUT2D eigenvalue weighted by Crippen LogP contribution is 2.47. The number of anilines is 1. The summed E-state index contributed by atoms with van der Waals surface area (Å²) >= 11 is 1.27. The lowest BCUT2D eigenvalue weighted by atomic mass is 9.85. The number of benzene rings is 1. The molecule has 0 atom stereocenters. The fourth-order valence-corrected chi connectivity index (χ4v) is 3.95. The molecule has 0 amide bonds. The number of hydrogen-bond acceptors (Lipinski definition) is 5. The first-order chi connectivity index (χ1) is 10.7. The Labute approximate surface area is 133 Å². The van der Waals surface area contributed by atoms with Crippen molar-refractivity contribution in [1.82, 2.24) is 4.98 Å². The fraction of sp³-hybridized carbons (Fsp3) is 0.357. The van der Waals surface area contributed by atoms with Crippen molar-refractivity contribution in [2.45, 2.75) is 32.4 Å². The van der Waals surface area contributed by atoms with E-state index < -0.39 is 22.4 Å². The van der Waals surface area contributed by atoms with Crippen LogP contribution in [0.25, 0.3) is 11.3 Å². The van der Waals surface area contributed by atoms with Crippen LogP contribution in [-0.2, 0) is 25.4 Å². The Kier molecular flexibility index (Phi) is 3.55. The van der Waals surface area contributed by atoms with Gasteiger partial charge >= 0.3 is 6.18 Å². The molecule has 122 valence electrons. The smallest absolute Gasteiger partial charge is 0.375 e. The molecule has 0 radical (unpaired) electrons. The highest BCUT2D eigenvalue weighted by atomic mass is 32.1. The molecule has 0 aliphatic heterocycles. The molecular formula is C14H12F3N3O2S. The maximum absolute atomic E-state index is 13.4. The van der Waals surface area contributed by atoms with Crippen LogP contribution in [0.3, 0.4) is 0 Å². The Bertz CT molecular complexity index is 815. The van der Waals surface area contributed by atoms with Crippen LogP contribution >= 0.6 is 11.3 Å². The van der Waals surface area contributed by atoms with Crippen LogP contribution in [0.1, 0.15) is 28.5 Å². The van der Waals surface area contributed by atoms with E-state index in [1.807, 2.05) is 0 Å². The predicted octanol–water partition coefficient (Wildman–Crippen LogP) is 3.98. The van der Waals surface area contributed by atoms with Crippen LogP contribution in [0.15, 0.2) is 6.07 Å². The number of hydrogen-bond donors (Lipinski definition) is 1. The van der Waals surface area contributed by atoms with Crippen molar-refractivity contribution in [2.75, 3.05) is 5.73 Å². The summed E-state index contributed by atoms with van der Waals surface area (Å²) in [6, 6.07) is 0.995. The molecule has 1 heterocycles. The van der Waals surface area contributed by atoms with Crippen LogP contribution in [0, 0.1) is 10.1 Å². The van der Waals surface area contributed by atoms with Gasteiger partial charge in [-0.1, -0.05) is 6.92 Å². The number of nitrogen functional groups attached to an aromatic ring is 1. The van der Waals surface area contributed by atoms with E-state index in [1.54, 1.807) is 6.92 Å². The number of fused-ring (bicyclic) bond motifs is 3. The molecule has 5 nitrogen and oxygen atoms in total. The normalized spacial score (nSPS) is 13.6. The number of halogens is 3. The van der Waals surface area contributed by atoms with Gasteiger partial charge in [0.05, 0.1) is 10.6 Å². The van der Waals surface area contributed by atoms with Gasteiger partial charge in [0.15, 0.2) is 5.13 Å². The first-order valence-electron chi connectivity index (χ1n) is 6.89. The highest BCUT2D eigenvalue weighted by molar-refractivity contribution is 7.15. The average molecular weight is 343 g/mol. The zero-order chi connectivity index (χ0) is 16.9. The molecule has 0 bridgehead atoms. The number of nitro groups is 1. The van der Waals surface area contributed by atoms with E-state index in [-0.39, 0.29) is 12.0 Å². The number of thiazole rings is 1. The van der Waals surface area contributed by atoms with Crippen molar-refractivity contribution < 1.29 is 18.1 Å². The van der Waals surface area contributed by atoms with E-state index in [0.29, 0.717) is 34.8 Å². The molecule has 0 saturated carbocycles. The first kappa shape index (κ1) is 15.7. The van der Waals surface area contributed by atoms with Crippen molar-refractivity contribution in [3.8, 4) is 11.3 Å². The standard InChI is InChI=1S/C14H12F3N3O2S/c1-2-6-7-3-4-10-12(19-13(18)23-10)8(7)5-9(20(21)22)11(6)14(15,16)17/h5H,2-4H2,1H3,(H2,18,19). The largest absolute Gasteiger partial charge is 0.423 e. The zero-order valence-electron chi connectivity index (χ0n) is 12.0. The monoisotopic (exact) mass is 343 g/mol. The summed E-state index contributed by atoms with van der Waals surface area (Å²) in [6.45, 7) is 1.57. The molecule has 0 fully saturated rings. The molecular weight excluding hydrogens is 331 g/mol. The third-order valence-corrected chi connectivity index (χ3v) is 4.88. The van der Waals surface area contributed by atoms with E-state index in [2.05, 4.69) is 4.98 Å². The molecule has 0 spiro atoms. The molecule has 0 unspecified atom stereocenters. The summed E-state index contributed by atoms with van der Waals surface area (Å²) in [5.41, 5.74) is 4.96. The maximum Gasteiger partial charge on any atom is 0.423 e. The van der Waals surface area contributed by atoms with Crippen molar-refractivity contribution in [3.05, 3.63) is 37.7 Å². The zero-order valence-corrected chi connectivity index (χ0v) is 12.8. The number of nitro benzene ring substituents is 1. The van der Waals surface area contributed by atoms with Crippen LogP contribution in [0.5, 0.6) is 0 Å². The van der Waals surface area contributed by atoms with Gasteiger partial charge < -0.3 is 5.73 Å². The van der Waals surface area contributed by atoms with Gasteiger partial charge in [-0.15, -0.1) is 11.3 Å². The Hall–Kier alpha value is -2.16. The molecule has 1 aromatic carbocycles. The maximum atomic E-state index is 13.4. The summed E-state index contributed by atoms with van der Waals surface area (Å²) in [4.78, 5) is 15.2. The van der Waals surface area contributed by atoms with E-state index in [1.165, 1.54) is 11.3 Å². The topological polar surface area (TPSA) is 82.0 Å². The van der Waals surface area contributed by atoms with E-state index in [4.69, 9.17) is 5.73 Å². The lowest BCUT2D eigenvalue weighted by molar-refractivity contribution is -0.388. The van der Waals surface area contributed by atoms with Gasteiger partial charge in [0.1, 0.15) is 5.56 Å². The van der Waals surface area contributed by atoms with E-state index in [0.717, 1.165) is 10.9 Å². The Balaban J connectivity index is 2.39. The third kappa shape index (κ3) is 2.44. The van der Waals surface area contributed by atoms with Crippen LogP contribution in [-0.4, -0.2) is 9.91 Å². The van der Waals surface area contributed by atoms with Crippen LogP contribution < -0.4 is 5.73 Å². The van der Waals surface area contributed by atoms with Gasteiger partial charge in [-0.3, -0.25) is 10.1 Å². The number of aryl methyl sites for hydroxylation is 1. The van der Waals surface area contributed by atoms with Gasteiger partial charge in [-0.05, 0) is 30.4 Å². The SMILES string of the molecule is CCc1c2c(cc([N+](=O)[O-])c1C(F)(F)F)-c1nc(N)sc1CC2. The summed E-state index contributed by atoms with van der Waals surface area (Å²) in [6.07, 6.45) is -3.77. The number of alkyl halides is 3. The first-order valence-corrected chi connectivity index (χ1v) is 7.71. The van der Waals surface area contributed by atoms with Crippen molar-refractivity contribution in [3.63, 3.8) is 0 Å². The molecule has 9 heteroatoms. The van der Waals surface area contributed by atoms with Gasteiger partial charge in [0.2, 0.25) is 0 Å². The average Bonchev–Trinajstić information content (AvgIpc) is 2.84. The number of nitrogens with two attached hydrogens (primary N) is 1. The van der Waals surface area contributed by atoms with Crippen LogP contribution in [0.2, 0.25) is 0 Å². The lowest BCUT2D eigenvalue weighted by Crippen LogP contribution is -2.17. The molecule has 2 N–H and O–H groups in total. The second-order valence-electron chi connectivity index (χ2n) is 5.21. The molecule has 2 aromatic rings. The van der Waals surface area contributed by atoms with Gasteiger partial charge in [-0.25, -0.2) is 4.98 Å². The quantitative estimate of drug-likeness (QED) is 0.660. The van der Waals surface area contributed by atoms with E-state index in [9.17, 15) is 23.3 Å². The molecule has 23 heavy (non-hydrogen) atoms. The number of aromatic nitrogens is 1. The molecule has 1 aliphatic rings. The van der Waals surface area contributed by atoms with Gasteiger partial charge in [0.25, 0.3) is 5.69 Å². The Morgan fingerprint density at radius 3 is 2.70 bits per heavy atom. The Morgan fingerprint density at radius 2 is 2.13 bits per heavy atom. The predicted molar refractivity (Wildman–Crippen MR) is 80.4 cm³/mol. The van der Waals surface area contributed by atoms with Crippen molar-refractivity contribution in [2.24, 2.45) is 0 Å².